The first-order valence-corrected chi connectivity index (χ1v) is 7.36. The van der Waals surface area contributed by atoms with Crippen molar-refractivity contribution < 1.29 is 4.79 Å². The summed E-state index contributed by atoms with van der Waals surface area (Å²) in [5.41, 5.74) is 5.29. The predicted molar refractivity (Wildman–Crippen MR) is 74.8 cm³/mol. The van der Waals surface area contributed by atoms with Gasteiger partial charge >= 0.3 is 0 Å². The summed E-state index contributed by atoms with van der Waals surface area (Å²) in [5, 5.41) is 0. The highest BCUT2D eigenvalue weighted by Crippen LogP contribution is 2.30. The zero-order chi connectivity index (χ0) is 13.1. The second-order valence-corrected chi connectivity index (χ2v) is 5.55. The third-order valence-corrected chi connectivity index (χ3v) is 3.76. The molecule has 0 fully saturated rings. The number of hydrogen-bond donors (Lipinski definition) is 1. The molecule has 0 aliphatic rings. The van der Waals surface area contributed by atoms with Crippen molar-refractivity contribution in [1.82, 2.24) is 0 Å². The molecule has 2 nitrogen and oxygen atoms in total. The van der Waals surface area contributed by atoms with Gasteiger partial charge in [0.25, 0.3) is 0 Å². The summed E-state index contributed by atoms with van der Waals surface area (Å²) in [4.78, 5) is 11.6. The average molecular weight is 241 g/mol. The number of rotatable bonds is 11. The van der Waals surface area contributed by atoms with Crippen LogP contribution in [0.1, 0.15) is 85.0 Å². The molecule has 0 aromatic heterocycles. The molecule has 0 aromatic carbocycles. The fourth-order valence-electron chi connectivity index (χ4n) is 2.26. The highest BCUT2D eigenvalue weighted by molar-refractivity contribution is 5.80. The number of carbonyl (C=O) groups excluding carboxylic acids is 1. The molecule has 0 bridgehead atoms. The fraction of sp³-hybridized carbons (Fsp3) is 0.933. The maximum atomic E-state index is 11.6. The van der Waals surface area contributed by atoms with Crippen LogP contribution in [-0.2, 0) is 4.79 Å². The van der Waals surface area contributed by atoms with E-state index < -0.39 is 0 Å². The minimum absolute atomic E-state index is 0.107. The minimum atomic E-state index is -0.263. The predicted octanol–water partition coefficient (Wildman–Crippen LogP) is 4.42. The van der Waals surface area contributed by atoms with Crippen LogP contribution >= 0.6 is 0 Å². The van der Waals surface area contributed by atoms with E-state index in [-0.39, 0.29) is 11.3 Å². The monoisotopic (exact) mass is 241 g/mol. The number of amides is 1. The molecule has 102 valence electrons. The van der Waals surface area contributed by atoms with Gasteiger partial charge in [0.1, 0.15) is 0 Å². The SMILES string of the molecule is CCCCCCCC(C)(CCCCC)C(N)=O. The molecule has 2 N–H and O–H groups in total. The molecule has 0 aliphatic heterocycles. The van der Waals surface area contributed by atoms with E-state index in [0.29, 0.717) is 0 Å². The molecule has 1 amide bonds. The van der Waals surface area contributed by atoms with Gasteiger partial charge in [-0.05, 0) is 12.8 Å². The van der Waals surface area contributed by atoms with Crippen molar-refractivity contribution in [1.29, 1.82) is 0 Å². The maximum Gasteiger partial charge on any atom is 0.223 e. The van der Waals surface area contributed by atoms with Crippen molar-refractivity contribution in [2.45, 2.75) is 85.0 Å². The van der Waals surface area contributed by atoms with Crippen LogP contribution in [0.3, 0.4) is 0 Å². The summed E-state index contributed by atoms with van der Waals surface area (Å²) in [5.74, 6) is -0.107. The van der Waals surface area contributed by atoms with Gasteiger partial charge < -0.3 is 5.73 Å². The van der Waals surface area contributed by atoms with Crippen molar-refractivity contribution in [3.63, 3.8) is 0 Å². The number of unbranched alkanes of at least 4 members (excludes halogenated alkanes) is 6. The highest BCUT2D eigenvalue weighted by Gasteiger charge is 2.29. The molecule has 17 heavy (non-hydrogen) atoms. The topological polar surface area (TPSA) is 43.1 Å². The number of hydrogen-bond acceptors (Lipinski definition) is 1. The van der Waals surface area contributed by atoms with Crippen LogP contribution in [0, 0.1) is 5.41 Å². The van der Waals surface area contributed by atoms with Gasteiger partial charge in [-0.2, -0.15) is 0 Å². The molecule has 2 heteroatoms. The second kappa shape index (κ2) is 9.49. The van der Waals surface area contributed by atoms with Gasteiger partial charge in [0.15, 0.2) is 0 Å². The van der Waals surface area contributed by atoms with E-state index in [9.17, 15) is 4.79 Å². The van der Waals surface area contributed by atoms with Crippen LogP contribution in [0.2, 0.25) is 0 Å². The highest BCUT2D eigenvalue weighted by atomic mass is 16.1. The van der Waals surface area contributed by atoms with Gasteiger partial charge in [-0.25, -0.2) is 0 Å². The Hall–Kier alpha value is -0.530. The quantitative estimate of drug-likeness (QED) is 0.535. The van der Waals surface area contributed by atoms with Gasteiger partial charge in [0, 0.05) is 5.41 Å². The molecule has 0 rings (SSSR count). The largest absolute Gasteiger partial charge is 0.369 e. The molecule has 0 aliphatic carbocycles. The van der Waals surface area contributed by atoms with E-state index in [1.54, 1.807) is 0 Å². The normalized spacial score (nSPS) is 14.5. The molecule has 1 atom stereocenters. The molecular formula is C15H31NO. The minimum Gasteiger partial charge on any atom is -0.369 e. The van der Waals surface area contributed by atoms with Gasteiger partial charge in [-0.1, -0.05) is 72.1 Å². The van der Waals surface area contributed by atoms with Gasteiger partial charge in [0.2, 0.25) is 5.91 Å². The van der Waals surface area contributed by atoms with Crippen molar-refractivity contribution in [2.24, 2.45) is 11.1 Å². The van der Waals surface area contributed by atoms with Crippen LogP contribution in [0.4, 0.5) is 0 Å². The number of nitrogens with two attached hydrogens (primary N) is 1. The smallest absolute Gasteiger partial charge is 0.223 e. The molecule has 0 saturated carbocycles. The van der Waals surface area contributed by atoms with Gasteiger partial charge in [0.05, 0.1) is 0 Å². The van der Waals surface area contributed by atoms with E-state index in [4.69, 9.17) is 5.73 Å². The number of primary amides is 1. The lowest BCUT2D eigenvalue weighted by Gasteiger charge is -2.26. The van der Waals surface area contributed by atoms with Crippen LogP contribution < -0.4 is 5.73 Å². The number of carbonyl (C=O) groups is 1. The zero-order valence-corrected chi connectivity index (χ0v) is 12.1. The summed E-state index contributed by atoms with van der Waals surface area (Å²) in [6.45, 7) is 6.45. The molecule has 0 aromatic rings. The summed E-state index contributed by atoms with van der Waals surface area (Å²) in [6, 6.07) is 0. The summed E-state index contributed by atoms with van der Waals surface area (Å²) >= 11 is 0. The van der Waals surface area contributed by atoms with Crippen LogP contribution in [0.25, 0.3) is 0 Å². The molecular weight excluding hydrogens is 210 g/mol. The Balaban J connectivity index is 3.91. The van der Waals surface area contributed by atoms with Crippen LogP contribution in [0.5, 0.6) is 0 Å². The van der Waals surface area contributed by atoms with Crippen molar-refractivity contribution in [2.75, 3.05) is 0 Å². The Morgan fingerprint density at radius 2 is 1.29 bits per heavy atom. The maximum absolute atomic E-state index is 11.6. The first-order chi connectivity index (χ1) is 8.06. The van der Waals surface area contributed by atoms with Crippen LogP contribution in [0.15, 0.2) is 0 Å². The lowest BCUT2D eigenvalue weighted by Crippen LogP contribution is -2.34. The summed E-state index contributed by atoms with van der Waals surface area (Å²) in [7, 11) is 0. The lowest BCUT2D eigenvalue weighted by atomic mass is 9.79. The van der Waals surface area contributed by atoms with E-state index in [0.717, 1.165) is 25.7 Å². The van der Waals surface area contributed by atoms with Crippen molar-refractivity contribution >= 4 is 5.91 Å². The van der Waals surface area contributed by atoms with E-state index in [1.165, 1.54) is 38.5 Å². The summed E-state index contributed by atoms with van der Waals surface area (Å²) < 4.78 is 0. The molecule has 0 spiro atoms. The zero-order valence-electron chi connectivity index (χ0n) is 12.1. The summed E-state index contributed by atoms with van der Waals surface area (Å²) in [6.07, 6.45) is 11.7. The van der Waals surface area contributed by atoms with E-state index in [2.05, 4.69) is 13.8 Å². The third-order valence-electron chi connectivity index (χ3n) is 3.76. The van der Waals surface area contributed by atoms with E-state index >= 15 is 0 Å². The molecule has 0 heterocycles. The van der Waals surface area contributed by atoms with Crippen molar-refractivity contribution in [3.05, 3.63) is 0 Å². The molecule has 0 saturated heterocycles. The Bertz CT molecular complexity index is 203. The van der Waals surface area contributed by atoms with Crippen molar-refractivity contribution in [3.8, 4) is 0 Å². The standard InChI is InChI=1S/C15H31NO/c1-4-6-8-9-11-13-15(3,14(16)17)12-10-7-5-2/h4-13H2,1-3H3,(H2,16,17). The average Bonchev–Trinajstić information content (AvgIpc) is 2.29. The Kier molecular flexibility index (Phi) is 9.20. The lowest BCUT2D eigenvalue weighted by molar-refractivity contribution is -0.127. The van der Waals surface area contributed by atoms with E-state index in [1.807, 2.05) is 6.92 Å². The Labute approximate surface area is 107 Å². The van der Waals surface area contributed by atoms with Crippen LogP contribution in [-0.4, -0.2) is 5.91 Å². The van der Waals surface area contributed by atoms with Gasteiger partial charge in [-0.3, -0.25) is 4.79 Å². The fourth-order valence-corrected chi connectivity index (χ4v) is 2.26. The molecule has 0 radical (unpaired) electrons. The first-order valence-electron chi connectivity index (χ1n) is 7.36. The first kappa shape index (κ1) is 16.5. The second-order valence-electron chi connectivity index (χ2n) is 5.55. The Morgan fingerprint density at radius 3 is 1.76 bits per heavy atom. The van der Waals surface area contributed by atoms with Gasteiger partial charge in [-0.15, -0.1) is 0 Å². The Morgan fingerprint density at radius 1 is 0.882 bits per heavy atom. The molecule has 1 unspecified atom stereocenters. The third kappa shape index (κ3) is 7.40.